The first-order valence-corrected chi connectivity index (χ1v) is 16.7. The predicted octanol–water partition coefficient (Wildman–Crippen LogP) is 5.93. The summed E-state index contributed by atoms with van der Waals surface area (Å²) < 4.78 is 34.4. The molecule has 5 rings (SSSR count). The Kier molecular flexibility index (Phi) is 7.29. The molecule has 2 atom stereocenters. The zero-order valence-corrected chi connectivity index (χ0v) is 27.1. The number of carbonyl (C=O) groups is 2. The van der Waals surface area contributed by atoms with Crippen molar-refractivity contribution < 1.29 is 22.7 Å². The lowest BCUT2D eigenvalue weighted by Gasteiger charge is -2.42. The Morgan fingerprint density at radius 3 is 2.37 bits per heavy atom. The number of anilines is 1. The number of rotatable bonds is 6. The molecule has 10 heteroatoms. The molecule has 2 aromatic rings. The van der Waals surface area contributed by atoms with E-state index in [1.54, 1.807) is 23.4 Å². The number of hydrogen-bond acceptors (Lipinski definition) is 7. The summed E-state index contributed by atoms with van der Waals surface area (Å²) in [4.78, 5) is 27.7. The zero-order valence-electron chi connectivity index (χ0n) is 25.4. The van der Waals surface area contributed by atoms with Gasteiger partial charge in [0.05, 0.1) is 17.1 Å². The molecule has 1 aromatic carbocycles. The minimum absolute atomic E-state index is 0.00778. The molecule has 2 aliphatic heterocycles. The van der Waals surface area contributed by atoms with Gasteiger partial charge in [0, 0.05) is 34.1 Å². The van der Waals surface area contributed by atoms with Crippen molar-refractivity contribution in [2.24, 2.45) is 10.8 Å². The fourth-order valence-electron chi connectivity index (χ4n) is 7.81. The number of amides is 1. The quantitative estimate of drug-likeness (QED) is 0.398. The molecule has 0 spiro atoms. The molecular formula is C31H43N3O5S2. The van der Waals surface area contributed by atoms with Crippen molar-refractivity contribution in [2.45, 2.75) is 103 Å². The number of ether oxygens (including phenoxy) is 1. The van der Waals surface area contributed by atoms with E-state index in [2.05, 4.69) is 59.1 Å². The summed E-state index contributed by atoms with van der Waals surface area (Å²) in [5.41, 5.74) is 1.05. The molecule has 1 saturated heterocycles. The van der Waals surface area contributed by atoms with E-state index in [4.69, 9.17) is 4.74 Å². The fourth-order valence-corrected chi connectivity index (χ4v) is 10.8. The molecule has 2 bridgehead atoms. The second-order valence-corrected chi connectivity index (χ2v) is 17.3. The van der Waals surface area contributed by atoms with Gasteiger partial charge in [-0.05, 0) is 101 Å². The van der Waals surface area contributed by atoms with Crippen molar-refractivity contribution in [3.63, 3.8) is 0 Å². The number of nitrogens with one attached hydrogen (secondary N) is 2. The molecule has 0 radical (unpaired) electrons. The van der Waals surface area contributed by atoms with Gasteiger partial charge in [0.25, 0.3) is 5.91 Å². The molecule has 1 aliphatic carbocycles. The van der Waals surface area contributed by atoms with E-state index >= 15 is 0 Å². The van der Waals surface area contributed by atoms with Crippen molar-refractivity contribution in [2.75, 3.05) is 18.5 Å². The van der Waals surface area contributed by atoms with Gasteiger partial charge in [-0.15, -0.1) is 11.3 Å². The topological polar surface area (TPSA) is 105 Å². The third-order valence-corrected chi connectivity index (χ3v) is 12.0. The first kappa shape index (κ1) is 30.2. The number of esters is 1. The van der Waals surface area contributed by atoms with Crippen molar-refractivity contribution >= 4 is 38.2 Å². The average molecular weight is 602 g/mol. The lowest BCUT2D eigenvalue weighted by Crippen LogP contribution is -2.55. The van der Waals surface area contributed by atoms with Gasteiger partial charge in [0.1, 0.15) is 5.00 Å². The molecule has 1 saturated carbocycles. The number of thiophene rings is 1. The molecule has 41 heavy (non-hydrogen) atoms. The van der Waals surface area contributed by atoms with Crippen molar-refractivity contribution in [3.8, 4) is 0 Å². The van der Waals surface area contributed by atoms with Crippen LogP contribution in [0.15, 0.2) is 29.2 Å². The van der Waals surface area contributed by atoms with Gasteiger partial charge in [-0.3, -0.25) is 4.79 Å². The Labute approximate surface area is 248 Å². The summed E-state index contributed by atoms with van der Waals surface area (Å²) >= 11 is 1.38. The Bertz CT molecular complexity index is 1490. The second kappa shape index (κ2) is 9.89. The SMILES string of the molecule is CCOC(=O)c1c(NC(=O)c2ccc(S(=O)(=O)N3CC4(C)CC3CC(C)(C)C4)cc2)sc2c1CC(C)(C)NC2(C)C. The highest BCUT2D eigenvalue weighted by Crippen LogP contribution is 2.53. The van der Waals surface area contributed by atoms with Gasteiger partial charge in [0.15, 0.2) is 0 Å². The molecule has 2 N–H and O–H groups in total. The van der Waals surface area contributed by atoms with Gasteiger partial charge in [-0.25, -0.2) is 13.2 Å². The van der Waals surface area contributed by atoms with E-state index < -0.39 is 27.4 Å². The Balaban J connectivity index is 1.41. The summed E-state index contributed by atoms with van der Waals surface area (Å²) in [5, 5.41) is 7.02. The Hall–Kier alpha value is -2.27. The summed E-state index contributed by atoms with van der Waals surface area (Å²) in [7, 11) is -3.70. The molecule has 224 valence electrons. The highest BCUT2D eigenvalue weighted by atomic mass is 32.2. The first-order valence-electron chi connectivity index (χ1n) is 14.4. The lowest BCUT2D eigenvalue weighted by molar-refractivity contribution is 0.0525. The van der Waals surface area contributed by atoms with Crippen molar-refractivity contribution in [1.29, 1.82) is 0 Å². The molecular weight excluding hydrogens is 558 g/mol. The zero-order chi connectivity index (χ0) is 30.2. The number of sulfonamides is 1. The molecule has 1 amide bonds. The minimum Gasteiger partial charge on any atom is -0.462 e. The van der Waals surface area contributed by atoms with E-state index in [0.29, 0.717) is 29.1 Å². The van der Waals surface area contributed by atoms with E-state index in [1.807, 2.05) is 0 Å². The maximum Gasteiger partial charge on any atom is 0.341 e. The van der Waals surface area contributed by atoms with Gasteiger partial charge in [0.2, 0.25) is 10.0 Å². The Morgan fingerprint density at radius 1 is 1.07 bits per heavy atom. The highest BCUT2D eigenvalue weighted by molar-refractivity contribution is 7.89. The molecule has 3 aliphatic rings. The number of carbonyl (C=O) groups excluding carboxylic acids is 2. The van der Waals surface area contributed by atoms with Crippen LogP contribution < -0.4 is 10.6 Å². The summed E-state index contributed by atoms with van der Waals surface area (Å²) in [6.07, 6.45) is 3.35. The molecule has 1 aromatic heterocycles. The first-order chi connectivity index (χ1) is 18.9. The monoisotopic (exact) mass is 601 g/mol. The third-order valence-electron chi connectivity index (χ3n) is 8.64. The van der Waals surface area contributed by atoms with Crippen LogP contribution in [0.25, 0.3) is 0 Å². The predicted molar refractivity (Wildman–Crippen MR) is 162 cm³/mol. The smallest absolute Gasteiger partial charge is 0.341 e. The maximum absolute atomic E-state index is 13.7. The number of fused-ring (bicyclic) bond motifs is 3. The molecule has 3 heterocycles. The van der Waals surface area contributed by atoms with Crippen molar-refractivity contribution in [3.05, 3.63) is 45.8 Å². The summed E-state index contributed by atoms with van der Waals surface area (Å²) in [6, 6.07) is 6.11. The van der Waals surface area contributed by atoms with Gasteiger partial charge >= 0.3 is 5.97 Å². The van der Waals surface area contributed by atoms with Crippen molar-refractivity contribution in [1.82, 2.24) is 9.62 Å². The molecule has 2 unspecified atom stereocenters. The normalized spacial score (nSPS) is 26.3. The van der Waals surface area contributed by atoms with Crippen LogP contribution in [0.5, 0.6) is 0 Å². The van der Waals surface area contributed by atoms with Crippen LogP contribution in [0.4, 0.5) is 5.00 Å². The molecule has 2 fully saturated rings. The van der Waals surface area contributed by atoms with Crippen LogP contribution in [0.3, 0.4) is 0 Å². The van der Waals surface area contributed by atoms with Gasteiger partial charge in [-0.1, -0.05) is 20.8 Å². The standard InChI is InChI=1S/C31H43N3O5S2/c1-9-39-27(36)23-22-16-29(4,5)33-30(6,7)24(22)40-26(23)32-25(35)19-10-12-21(13-11-19)41(37,38)34-18-31(8)15-20(34)14-28(2,3)17-31/h10-13,20,33H,9,14-18H2,1-8H3,(H,32,35). The molecule has 8 nitrogen and oxygen atoms in total. The van der Waals surface area contributed by atoms with Crippen LogP contribution in [0.2, 0.25) is 0 Å². The second-order valence-electron chi connectivity index (χ2n) is 14.4. The van der Waals surface area contributed by atoms with Crippen LogP contribution in [-0.2, 0) is 26.7 Å². The van der Waals surface area contributed by atoms with Crippen LogP contribution in [-0.4, -0.2) is 49.3 Å². The highest BCUT2D eigenvalue weighted by Gasteiger charge is 2.53. The van der Waals surface area contributed by atoms with Crippen LogP contribution in [0, 0.1) is 10.8 Å². The number of benzene rings is 1. The average Bonchev–Trinajstić information content (AvgIpc) is 3.31. The number of nitrogens with zero attached hydrogens (tertiary/aromatic N) is 1. The Morgan fingerprint density at radius 2 is 1.73 bits per heavy atom. The van der Waals surface area contributed by atoms with Gasteiger partial charge in [-0.2, -0.15) is 4.31 Å². The summed E-state index contributed by atoms with van der Waals surface area (Å²) in [5.74, 6) is -0.864. The largest absolute Gasteiger partial charge is 0.462 e. The third kappa shape index (κ3) is 5.60. The van der Waals surface area contributed by atoms with Crippen LogP contribution in [0.1, 0.15) is 106 Å². The summed E-state index contributed by atoms with van der Waals surface area (Å²) in [6.45, 7) is 17.5. The number of hydrogen-bond donors (Lipinski definition) is 2. The van der Waals surface area contributed by atoms with E-state index in [1.165, 1.54) is 23.5 Å². The maximum atomic E-state index is 13.7. The lowest BCUT2D eigenvalue weighted by atomic mass is 9.65. The minimum atomic E-state index is -3.70. The van der Waals surface area contributed by atoms with Crippen LogP contribution >= 0.6 is 11.3 Å². The van der Waals surface area contributed by atoms with E-state index in [-0.39, 0.29) is 33.9 Å². The van der Waals surface area contributed by atoms with E-state index in [9.17, 15) is 18.0 Å². The van der Waals surface area contributed by atoms with Gasteiger partial charge < -0.3 is 15.4 Å². The fraction of sp³-hybridized carbons (Fsp3) is 0.613. The van der Waals surface area contributed by atoms with E-state index in [0.717, 1.165) is 29.7 Å².